The van der Waals surface area contributed by atoms with Gasteiger partial charge in [-0.25, -0.2) is 9.40 Å². The fourth-order valence-electron chi connectivity index (χ4n) is 2.28. The molecule has 7 heteroatoms. The lowest BCUT2D eigenvalue weighted by atomic mass is 10.1. The fraction of sp³-hybridized carbons (Fsp3) is 0.500. The van der Waals surface area contributed by atoms with E-state index < -0.39 is 12.1 Å². The highest BCUT2D eigenvalue weighted by Gasteiger charge is 2.36. The first kappa shape index (κ1) is 19.5. The summed E-state index contributed by atoms with van der Waals surface area (Å²) in [7, 11) is 0. The van der Waals surface area contributed by atoms with Gasteiger partial charge in [-0.3, -0.25) is 10.2 Å². The van der Waals surface area contributed by atoms with E-state index in [2.05, 4.69) is 5.43 Å². The van der Waals surface area contributed by atoms with Gasteiger partial charge in [-0.1, -0.05) is 24.3 Å². The zero-order valence-corrected chi connectivity index (χ0v) is 15.5. The van der Waals surface area contributed by atoms with Crippen molar-refractivity contribution >= 4 is 17.5 Å². The molecule has 0 bridgehead atoms. The van der Waals surface area contributed by atoms with E-state index in [-0.39, 0.29) is 18.1 Å². The number of halogens is 2. The molecule has 1 unspecified atom stereocenters. The Kier molecular flexibility index (Phi) is 6.67. The molecule has 1 heterocycles. The summed E-state index contributed by atoms with van der Waals surface area (Å²) in [4.78, 5) is 12.3. The molecular formula is C18H24ClFN2O3. The molecule has 0 aromatic heterocycles. The summed E-state index contributed by atoms with van der Waals surface area (Å²) in [5, 5.41) is 0.637. The minimum atomic E-state index is -0.853. The number of carbonyl (C=O) groups excluding carboxylic acids is 1. The number of nitrogens with zero attached hydrogens (tertiary/aromatic N) is 1. The predicted octanol–water partition coefficient (Wildman–Crippen LogP) is 3.28. The van der Waals surface area contributed by atoms with Crippen LogP contribution in [0, 0.1) is 0 Å². The number of alkyl halides is 2. The minimum absolute atomic E-state index is 0.0999. The van der Waals surface area contributed by atoms with Crippen LogP contribution in [0.5, 0.6) is 0 Å². The maximum Gasteiger partial charge on any atom is 0.267 e. The van der Waals surface area contributed by atoms with Crippen LogP contribution in [0.3, 0.4) is 0 Å². The van der Waals surface area contributed by atoms with E-state index in [9.17, 15) is 9.18 Å². The summed E-state index contributed by atoms with van der Waals surface area (Å²) < 4.78 is 22.8. The zero-order valence-electron chi connectivity index (χ0n) is 14.7. The van der Waals surface area contributed by atoms with Gasteiger partial charge in [0.25, 0.3) is 5.91 Å². The van der Waals surface area contributed by atoms with Crippen LogP contribution in [-0.4, -0.2) is 35.1 Å². The maximum absolute atomic E-state index is 12.3. The van der Waals surface area contributed by atoms with E-state index >= 15 is 0 Å². The molecule has 1 amide bonds. The summed E-state index contributed by atoms with van der Waals surface area (Å²) in [6.07, 6.45) is 1.61. The number of amides is 1. The van der Waals surface area contributed by atoms with E-state index in [4.69, 9.17) is 21.1 Å². The monoisotopic (exact) mass is 370 g/mol. The first-order valence-electron chi connectivity index (χ1n) is 8.11. The van der Waals surface area contributed by atoms with Crippen molar-refractivity contribution in [2.75, 3.05) is 13.3 Å². The first-order valence-corrected chi connectivity index (χ1v) is 8.55. The normalized spacial score (nSPS) is 18.0. The number of benzene rings is 1. The highest BCUT2D eigenvalue weighted by molar-refractivity contribution is 6.32. The molecule has 0 aliphatic carbocycles. The van der Waals surface area contributed by atoms with Gasteiger partial charge in [0.2, 0.25) is 0 Å². The van der Waals surface area contributed by atoms with Crippen molar-refractivity contribution in [3.63, 3.8) is 0 Å². The summed E-state index contributed by atoms with van der Waals surface area (Å²) in [6.45, 7) is 6.04. The fourth-order valence-corrected chi connectivity index (χ4v) is 2.51. The molecule has 1 aliphatic heterocycles. The average molecular weight is 371 g/mol. The molecule has 1 aromatic rings. The van der Waals surface area contributed by atoms with Gasteiger partial charge < -0.3 is 9.47 Å². The third kappa shape index (κ3) is 5.34. The quantitative estimate of drug-likeness (QED) is 0.591. The molecule has 1 aliphatic rings. The molecule has 2 rings (SSSR count). The van der Waals surface area contributed by atoms with Crippen LogP contribution in [0.25, 0.3) is 0 Å². The van der Waals surface area contributed by atoms with Crippen molar-refractivity contribution in [3.8, 4) is 0 Å². The van der Waals surface area contributed by atoms with Gasteiger partial charge in [0.1, 0.15) is 19.0 Å². The van der Waals surface area contributed by atoms with Gasteiger partial charge in [-0.05, 0) is 31.9 Å². The Hall–Kier alpha value is -1.79. The summed E-state index contributed by atoms with van der Waals surface area (Å²) in [5.41, 5.74) is 4.44. The maximum atomic E-state index is 12.3. The Balaban J connectivity index is 1.90. The molecule has 0 fully saturated rings. The Bertz CT molecular complexity index is 614. The molecule has 0 saturated carbocycles. The number of carbonyl (C=O) groups is 1. The van der Waals surface area contributed by atoms with Crippen molar-refractivity contribution in [3.05, 3.63) is 47.4 Å². The van der Waals surface area contributed by atoms with Gasteiger partial charge in [-0.15, -0.1) is 11.6 Å². The molecule has 0 radical (unpaired) electrons. The minimum Gasteiger partial charge on any atom is -0.490 e. The second-order valence-corrected chi connectivity index (χ2v) is 7.17. The lowest BCUT2D eigenvalue weighted by Gasteiger charge is -2.39. The van der Waals surface area contributed by atoms with Crippen LogP contribution in [0.4, 0.5) is 4.39 Å². The van der Waals surface area contributed by atoms with E-state index in [0.29, 0.717) is 19.0 Å². The Morgan fingerprint density at radius 2 is 1.80 bits per heavy atom. The van der Waals surface area contributed by atoms with E-state index in [1.54, 1.807) is 6.20 Å². The summed E-state index contributed by atoms with van der Waals surface area (Å²) >= 11 is 6.22. The average Bonchev–Trinajstić information content (AvgIpc) is 2.56. The van der Waals surface area contributed by atoms with Crippen LogP contribution in [-0.2, 0) is 27.5 Å². The summed E-state index contributed by atoms with van der Waals surface area (Å²) in [6, 6.07) is 7.60. The smallest absolute Gasteiger partial charge is 0.267 e. The SMILES string of the molecule is CC(C)(C)N1NC=C(OCc2ccc(COCCF)cc2)C(Cl)C1=O. The highest BCUT2D eigenvalue weighted by Crippen LogP contribution is 2.24. The molecule has 0 spiro atoms. The lowest BCUT2D eigenvalue weighted by Crippen LogP contribution is -2.57. The predicted molar refractivity (Wildman–Crippen MR) is 94.3 cm³/mol. The lowest BCUT2D eigenvalue weighted by molar-refractivity contribution is -0.140. The van der Waals surface area contributed by atoms with Gasteiger partial charge in [0.05, 0.1) is 25.0 Å². The third-order valence-corrected chi connectivity index (χ3v) is 4.01. The molecule has 0 saturated heterocycles. The van der Waals surface area contributed by atoms with E-state index in [1.807, 2.05) is 45.0 Å². The molecule has 1 atom stereocenters. The van der Waals surface area contributed by atoms with Gasteiger partial charge in [-0.2, -0.15) is 0 Å². The Morgan fingerprint density at radius 1 is 1.20 bits per heavy atom. The molecule has 1 aromatic carbocycles. The van der Waals surface area contributed by atoms with Gasteiger partial charge in [0, 0.05) is 0 Å². The van der Waals surface area contributed by atoms with Crippen molar-refractivity contribution in [2.24, 2.45) is 0 Å². The summed E-state index contributed by atoms with van der Waals surface area (Å²) in [5.74, 6) is 0.148. The van der Waals surface area contributed by atoms with Gasteiger partial charge >= 0.3 is 0 Å². The highest BCUT2D eigenvalue weighted by atomic mass is 35.5. The zero-order chi connectivity index (χ0) is 18.4. The largest absolute Gasteiger partial charge is 0.490 e. The molecular weight excluding hydrogens is 347 g/mol. The number of hydrogen-bond donors (Lipinski definition) is 1. The van der Waals surface area contributed by atoms with Crippen LogP contribution in [0.1, 0.15) is 31.9 Å². The van der Waals surface area contributed by atoms with E-state index in [0.717, 1.165) is 11.1 Å². The first-order chi connectivity index (χ1) is 11.8. The van der Waals surface area contributed by atoms with Crippen LogP contribution < -0.4 is 5.43 Å². The van der Waals surface area contributed by atoms with Crippen molar-refractivity contribution in [2.45, 2.75) is 44.9 Å². The standard InChI is InChI=1S/C18H24ClFN2O3/c1-18(2,3)22-17(23)16(19)15(10-21-22)25-12-14-6-4-13(5-7-14)11-24-9-8-20/h4-7,10,16,21H,8-9,11-12H2,1-3H3. The number of nitrogens with one attached hydrogen (secondary N) is 1. The third-order valence-electron chi connectivity index (χ3n) is 3.61. The van der Waals surface area contributed by atoms with Crippen molar-refractivity contribution < 1.29 is 18.7 Å². The number of rotatable bonds is 7. The molecule has 138 valence electrons. The second-order valence-electron chi connectivity index (χ2n) is 6.73. The second kappa shape index (κ2) is 8.54. The molecule has 5 nitrogen and oxygen atoms in total. The van der Waals surface area contributed by atoms with Crippen molar-refractivity contribution in [1.29, 1.82) is 0 Å². The van der Waals surface area contributed by atoms with Crippen LogP contribution >= 0.6 is 11.6 Å². The number of hydrogen-bond acceptors (Lipinski definition) is 4. The van der Waals surface area contributed by atoms with Crippen LogP contribution in [0.2, 0.25) is 0 Å². The Labute approximate surface area is 152 Å². The van der Waals surface area contributed by atoms with Gasteiger partial charge in [0.15, 0.2) is 5.38 Å². The topological polar surface area (TPSA) is 50.8 Å². The number of ether oxygens (including phenoxy) is 2. The van der Waals surface area contributed by atoms with Crippen LogP contribution in [0.15, 0.2) is 36.2 Å². The number of hydrazine groups is 1. The Morgan fingerprint density at radius 3 is 2.36 bits per heavy atom. The van der Waals surface area contributed by atoms with Crippen molar-refractivity contribution in [1.82, 2.24) is 10.4 Å². The molecule has 1 N–H and O–H groups in total. The molecule has 25 heavy (non-hydrogen) atoms. The van der Waals surface area contributed by atoms with E-state index in [1.165, 1.54) is 5.01 Å².